The molecule has 1 saturated heterocycles. The van der Waals surface area contributed by atoms with Gasteiger partial charge in [0.05, 0.1) is 12.7 Å². The van der Waals surface area contributed by atoms with Gasteiger partial charge in [-0.05, 0) is 13.8 Å². The fourth-order valence-electron chi connectivity index (χ4n) is 1.34. The topological polar surface area (TPSA) is 38.7 Å². The van der Waals surface area contributed by atoms with E-state index >= 15 is 0 Å². The van der Waals surface area contributed by atoms with Gasteiger partial charge in [-0.15, -0.1) is 11.8 Å². The largest absolute Gasteiger partial charge is 0.389 e. The molecule has 1 rings (SSSR count). The summed E-state index contributed by atoms with van der Waals surface area (Å²) in [6.07, 6.45) is 0.491. The first kappa shape index (κ1) is 11.5. The Labute approximate surface area is 85.4 Å². The third kappa shape index (κ3) is 3.30. The molecule has 1 aliphatic rings. The van der Waals surface area contributed by atoms with Crippen LogP contribution in [-0.4, -0.2) is 29.7 Å². The zero-order valence-electron chi connectivity index (χ0n) is 9.04. The van der Waals surface area contributed by atoms with Gasteiger partial charge in [0.15, 0.2) is 5.79 Å². The van der Waals surface area contributed by atoms with Crippen LogP contribution in [0.3, 0.4) is 0 Å². The summed E-state index contributed by atoms with van der Waals surface area (Å²) in [5, 5.41) is 9.70. The van der Waals surface area contributed by atoms with E-state index in [0.717, 1.165) is 6.42 Å². The molecule has 0 amide bonds. The molecule has 1 unspecified atom stereocenters. The smallest absolute Gasteiger partial charge is 0.163 e. The van der Waals surface area contributed by atoms with E-state index in [1.807, 2.05) is 20.8 Å². The van der Waals surface area contributed by atoms with Crippen LogP contribution in [0.4, 0.5) is 0 Å². The highest BCUT2D eigenvalue weighted by atomic mass is 16.7. The van der Waals surface area contributed by atoms with Gasteiger partial charge in [0, 0.05) is 12.8 Å². The highest BCUT2D eigenvalue weighted by molar-refractivity contribution is 5.00. The predicted molar refractivity (Wildman–Crippen MR) is 53.6 cm³/mol. The fourth-order valence-corrected chi connectivity index (χ4v) is 1.34. The Balaban J connectivity index is 2.36. The number of hydrogen-bond acceptors (Lipinski definition) is 3. The zero-order valence-corrected chi connectivity index (χ0v) is 9.04. The molecular formula is C11H18O3. The lowest BCUT2D eigenvalue weighted by Crippen LogP contribution is -2.30. The minimum Gasteiger partial charge on any atom is -0.389 e. The number of aliphatic hydroxyl groups excluding tert-OH is 1. The van der Waals surface area contributed by atoms with E-state index in [4.69, 9.17) is 9.47 Å². The van der Waals surface area contributed by atoms with E-state index in [9.17, 15) is 5.11 Å². The maximum Gasteiger partial charge on any atom is 0.163 e. The van der Waals surface area contributed by atoms with Crippen molar-refractivity contribution in [1.29, 1.82) is 0 Å². The van der Waals surface area contributed by atoms with Crippen LogP contribution in [0.1, 0.15) is 33.6 Å². The Morgan fingerprint density at radius 2 is 2.21 bits per heavy atom. The van der Waals surface area contributed by atoms with Gasteiger partial charge in [-0.2, -0.15) is 0 Å². The first-order valence-corrected chi connectivity index (χ1v) is 5.00. The van der Waals surface area contributed by atoms with Crippen LogP contribution in [0.2, 0.25) is 0 Å². The molecule has 0 aromatic carbocycles. The molecule has 0 aliphatic carbocycles. The van der Waals surface area contributed by atoms with Gasteiger partial charge in [-0.25, -0.2) is 0 Å². The van der Waals surface area contributed by atoms with Crippen LogP contribution in [0.5, 0.6) is 0 Å². The summed E-state index contributed by atoms with van der Waals surface area (Å²) in [6.45, 7) is 6.12. The Hall–Kier alpha value is -0.560. The van der Waals surface area contributed by atoms with Crippen LogP contribution in [0.25, 0.3) is 0 Å². The van der Waals surface area contributed by atoms with Crippen molar-refractivity contribution in [2.75, 3.05) is 6.61 Å². The lowest BCUT2D eigenvalue weighted by molar-refractivity contribution is -0.150. The molecule has 2 atom stereocenters. The van der Waals surface area contributed by atoms with Crippen molar-refractivity contribution >= 4 is 0 Å². The zero-order chi connectivity index (χ0) is 10.6. The average molecular weight is 198 g/mol. The maximum atomic E-state index is 9.70. The predicted octanol–water partition coefficient (Wildman–Crippen LogP) is 1.30. The number of aliphatic hydroxyl groups is 1. The molecule has 14 heavy (non-hydrogen) atoms. The molecule has 0 radical (unpaired) electrons. The van der Waals surface area contributed by atoms with Crippen molar-refractivity contribution in [3.8, 4) is 11.8 Å². The summed E-state index contributed by atoms with van der Waals surface area (Å²) in [4.78, 5) is 0. The van der Waals surface area contributed by atoms with E-state index < -0.39 is 11.9 Å². The summed E-state index contributed by atoms with van der Waals surface area (Å²) in [5.41, 5.74) is 0. The molecular weight excluding hydrogens is 180 g/mol. The van der Waals surface area contributed by atoms with Gasteiger partial charge in [0.1, 0.15) is 6.10 Å². The molecule has 0 bridgehead atoms. The second kappa shape index (κ2) is 4.79. The van der Waals surface area contributed by atoms with E-state index in [1.54, 1.807) is 0 Å². The summed E-state index contributed by atoms with van der Waals surface area (Å²) in [5.74, 6) is 5.25. The van der Waals surface area contributed by atoms with Crippen molar-refractivity contribution < 1.29 is 14.6 Å². The van der Waals surface area contributed by atoms with Gasteiger partial charge in [-0.3, -0.25) is 0 Å². The molecule has 80 valence electrons. The number of hydrogen-bond donors (Lipinski definition) is 1. The van der Waals surface area contributed by atoms with Gasteiger partial charge in [-0.1, -0.05) is 6.92 Å². The highest BCUT2D eigenvalue weighted by Gasteiger charge is 2.36. The quantitative estimate of drug-likeness (QED) is 0.680. The van der Waals surface area contributed by atoms with Crippen molar-refractivity contribution in [1.82, 2.24) is 0 Å². The third-order valence-corrected chi connectivity index (χ3v) is 2.07. The monoisotopic (exact) mass is 198 g/mol. The van der Waals surface area contributed by atoms with Crippen LogP contribution >= 0.6 is 0 Å². The van der Waals surface area contributed by atoms with E-state index in [1.165, 1.54) is 0 Å². The molecule has 1 aliphatic heterocycles. The Morgan fingerprint density at radius 1 is 1.50 bits per heavy atom. The highest BCUT2D eigenvalue weighted by Crippen LogP contribution is 2.24. The lowest BCUT2D eigenvalue weighted by atomic mass is 10.1. The number of ether oxygens (including phenoxy) is 2. The standard InChI is InChI=1S/C11H18O3/c1-4-5-6-7-9(12)10-8-13-11(2,3)14-10/h9-10,12H,4,7-8H2,1-3H3/t9?,10-/m1/s1. The molecule has 0 aromatic rings. The van der Waals surface area contributed by atoms with Crippen molar-refractivity contribution in [2.45, 2.75) is 51.6 Å². The molecule has 1 N–H and O–H groups in total. The Kier molecular flexibility index (Phi) is 3.94. The van der Waals surface area contributed by atoms with Crippen LogP contribution < -0.4 is 0 Å². The Morgan fingerprint density at radius 3 is 2.71 bits per heavy atom. The molecule has 3 nitrogen and oxygen atoms in total. The first-order valence-electron chi connectivity index (χ1n) is 5.00. The molecule has 1 heterocycles. The second-order valence-electron chi connectivity index (χ2n) is 3.85. The minimum atomic E-state index is -0.566. The first-order chi connectivity index (χ1) is 6.55. The SMILES string of the molecule is CCC#CCC(O)[C@H]1COC(C)(C)O1. The molecule has 3 heteroatoms. The summed E-state index contributed by atoms with van der Waals surface area (Å²) in [7, 11) is 0. The van der Waals surface area contributed by atoms with Gasteiger partial charge in [0.2, 0.25) is 0 Å². The van der Waals surface area contributed by atoms with Gasteiger partial charge < -0.3 is 14.6 Å². The molecule has 0 aromatic heterocycles. The van der Waals surface area contributed by atoms with E-state index in [2.05, 4.69) is 11.8 Å². The normalized spacial score (nSPS) is 26.7. The summed E-state index contributed by atoms with van der Waals surface area (Å²) >= 11 is 0. The second-order valence-corrected chi connectivity index (χ2v) is 3.85. The van der Waals surface area contributed by atoms with Crippen molar-refractivity contribution in [3.05, 3.63) is 0 Å². The molecule has 0 spiro atoms. The molecule has 0 saturated carbocycles. The maximum absolute atomic E-state index is 9.70. The van der Waals surface area contributed by atoms with Gasteiger partial charge in [0.25, 0.3) is 0 Å². The fraction of sp³-hybridized carbons (Fsp3) is 0.818. The van der Waals surface area contributed by atoms with Crippen molar-refractivity contribution in [3.63, 3.8) is 0 Å². The third-order valence-electron chi connectivity index (χ3n) is 2.07. The van der Waals surface area contributed by atoms with Crippen LogP contribution in [0.15, 0.2) is 0 Å². The van der Waals surface area contributed by atoms with E-state index in [-0.39, 0.29) is 6.10 Å². The van der Waals surface area contributed by atoms with E-state index in [0.29, 0.717) is 13.0 Å². The minimum absolute atomic E-state index is 0.240. The summed E-state index contributed by atoms with van der Waals surface area (Å²) in [6, 6.07) is 0. The summed E-state index contributed by atoms with van der Waals surface area (Å²) < 4.78 is 10.9. The lowest BCUT2D eigenvalue weighted by Gasteiger charge is -2.19. The van der Waals surface area contributed by atoms with Crippen LogP contribution in [0, 0.1) is 11.8 Å². The van der Waals surface area contributed by atoms with Crippen LogP contribution in [-0.2, 0) is 9.47 Å². The molecule has 1 fully saturated rings. The van der Waals surface area contributed by atoms with Crippen molar-refractivity contribution in [2.24, 2.45) is 0 Å². The number of rotatable bonds is 2. The van der Waals surface area contributed by atoms with Gasteiger partial charge >= 0.3 is 0 Å². The Bertz CT molecular complexity index is 237. The average Bonchev–Trinajstić information content (AvgIpc) is 2.46.